The number of imidazole rings is 1. The summed E-state index contributed by atoms with van der Waals surface area (Å²) in [5.74, 6) is 0.274. The van der Waals surface area contributed by atoms with Crippen LogP contribution in [0.3, 0.4) is 0 Å². The summed E-state index contributed by atoms with van der Waals surface area (Å²) in [4.78, 5) is 52.9. The van der Waals surface area contributed by atoms with Crippen LogP contribution >= 0.6 is 0 Å². The minimum Gasteiger partial charge on any atom is -0.444 e. The van der Waals surface area contributed by atoms with Gasteiger partial charge < -0.3 is 36.7 Å². The summed E-state index contributed by atoms with van der Waals surface area (Å²) < 4.78 is 5.25. The number of ether oxygens (including phenoxy) is 1. The smallest absolute Gasteiger partial charge is 0.408 e. The number of aromatic amines is 1. The van der Waals surface area contributed by atoms with Crippen molar-refractivity contribution in [2.45, 2.75) is 46.3 Å². The largest absolute Gasteiger partial charge is 0.444 e. The molecule has 0 saturated heterocycles. The Bertz CT molecular complexity index is 1560. The number of H-pyrrole nitrogens is 1. The number of amides is 3. The Morgan fingerprint density at radius 2 is 1.76 bits per heavy atom. The van der Waals surface area contributed by atoms with E-state index in [-0.39, 0.29) is 18.1 Å². The van der Waals surface area contributed by atoms with Crippen LogP contribution < -0.4 is 27.0 Å². The zero-order valence-electron chi connectivity index (χ0n) is 23.3. The lowest BCUT2D eigenvalue weighted by molar-refractivity contribution is 0.0522. The molecule has 3 amide bonds. The molecule has 2 aromatic heterocycles. The number of aromatic nitrogens is 4. The fraction of sp³-hybridized carbons (Fsp3) is 0.286. The van der Waals surface area contributed by atoms with Gasteiger partial charge in [0.15, 0.2) is 0 Å². The van der Waals surface area contributed by atoms with Gasteiger partial charge in [-0.1, -0.05) is 6.92 Å². The van der Waals surface area contributed by atoms with Crippen LogP contribution in [0.2, 0.25) is 0 Å². The summed E-state index contributed by atoms with van der Waals surface area (Å²) in [6, 6.07) is 11.8. The van der Waals surface area contributed by atoms with Gasteiger partial charge in [-0.25, -0.2) is 14.8 Å². The lowest BCUT2D eigenvalue weighted by Crippen LogP contribution is -2.32. The maximum absolute atomic E-state index is 13.2. The number of anilines is 4. The van der Waals surface area contributed by atoms with Crippen molar-refractivity contribution < 1.29 is 19.1 Å². The molecule has 2 heterocycles. The van der Waals surface area contributed by atoms with Crippen molar-refractivity contribution in [3.05, 3.63) is 65.6 Å². The van der Waals surface area contributed by atoms with Crippen molar-refractivity contribution >= 4 is 52.1 Å². The first-order valence-corrected chi connectivity index (χ1v) is 13.1. The zero-order chi connectivity index (χ0) is 29.6. The van der Waals surface area contributed by atoms with Gasteiger partial charge in [0.2, 0.25) is 11.9 Å². The molecular formula is C28H33N9O4. The molecule has 41 heavy (non-hydrogen) atoms. The molecule has 7 N–H and O–H groups in total. The van der Waals surface area contributed by atoms with Crippen molar-refractivity contribution in [2.24, 2.45) is 5.73 Å². The number of fused-ring (bicyclic) bond motifs is 1. The van der Waals surface area contributed by atoms with Crippen LogP contribution in [0.15, 0.2) is 48.7 Å². The molecule has 0 aliphatic rings. The molecule has 0 atom stereocenters. The fourth-order valence-corrected chi connectivity index (χ4v) is 3.73. The van der Waals surface area contributed by atoms with Gasteiger partial charge >= 0.3 is 6.09 Å². The number of nitrogens with one attached hydrogen (secondary N) is 5. The molecule has 13 nitrogen and oxygen atoms in total. The highest BCUT2D eigenvalue weighted by atomic mass is 16.6. The average molecular weight is 560 g/mol. The van der Waals surface area contributed by atoms with Gasteiger partial charge in [-0.2, -0.15) is 4.98 Å². The molecule has 0 unspecified atom stereocenters. The third kappa shape index (κ3) is 7.91. The van der Waals surface area contributed by atoms with Gasteiger partial charge in [-0.3, -0.25) is 9.59 Å². The number of alkyl carbamates (subject to hydrolysis) is 1. The van der Waals surface area contributed by atoms with E-state index in [9.17, 15) is 14.4 Å². The molecule has 214 valence electrons. The van der Waals surface area contributed by atoms with E-state index in [1.807, 2.05) is 6.92 Å². The first-order valence-electron chi connectivity index (χ1n) is 13.1. The van der Waals surface area contributed by atoms with Crippen LogP contribution in [0.5, 0.6) is 0 Å². The third-order valence-electron chi connectivity index (χ3n) is 5.59. The molecule has 2 aromatic carbocycles. The predicted molar refractivity (Wildman–Crippen MR) is 156 cm³/mol. The Morgan fingerprint density at radius 3 is 2.44 bits per heavy atom. The molecule has 13 heteroatoms. The maximum atomic E-state index is 13.2. The lowest BCUT2D eigenvalue weighted by Gasteiger charge is -2.19. The van der Waals surface area contributed by atoms with Crippen molar-refractivity contribution in [2.75, 3.05) is 22.5 Å². The Balaban J connectivity index is 1.46. The van der Waals surface area contributed by atoms with Gasteiger partial charge in [0, 0.05) is 29.7 Å². The molecule has 0 bridgehead atoms. The minimum absolute atomic E-state index is 0.157. The van der Waals surface area contributed by atoms with Crippen molar-refractivity contribution in [3.8, 4) is 0 Å². The molecule has 0 spiro atoms. The number of hydrogen-bond acceptors (Lipinski definition) is 9. The Morgan fingerprint density at radius 1 is 1.02 bits per heavy atom. The first-order chi connectivity index (χ1) is 19.5. The molecule has 0 aliphatic heterocycles. The summed E-state index contributed by atoms with van der Waals surface area (Å²) in [7, 11) is 0. The second-order valence-corrected chi connectivity index (χ2v) is 10.2. The highest BCUT2D eigenvalue weighted by Crippen LogP contribution is 2.22. The van der Waals surface area contributed by atoms with E-state index < -0.39 is 23.5 Å². The standard InChI is InChI=1S/C28H33N9O4/c1-5-12-30-24-19(14-31-26(37-24)34-17-8-6-16(7-9-17)23(29)38)25(39)33-18-10-11-20-21(13-18)36-22(35-20)15-32-27(40)41-28(2,3)4/h6-11,13-14H,5,12,15H2,1-4H3,(H2,29,38)(H,32,40)(H,33,39)(H,35,36)(H2,30,31,34,37). The van der Waals surface area contributed by atoms with Crippen molar-refractivity contribution in [1.29, 1.82) is 0 Å². The van der Waals surface area contributed by atoms with E-state index in [2.05, 4.69) is 41.2 Å². The molecule has 0 aliphatic carbocycles. The average Bonchev–Trinajstić information content (AvgIpc) is 3.32. The van der Waals surface area contributed by atoms with Crippen LogP contribution in [-0.4, -0.2) is 50.0 Å². The molecule has 0 fully saturated rings. The van der Waals surface area contributed by atoms with Gasteiger partial charge in [-0.05, 0) is 69.7 Å². The van der Waals surface area contributed by atoms with E-state index in [0.717, 1.165) is 6.42 Å². The predicted octanol–water partition coefficient (Wildman–Crippen LogP) is 4.29. The third-order valence-corrected chi connectivity index (χ3v) is 5.59. The molecule has 4 rings (SSSR count). The van der Waals surface area contributed by atoms with E-state index >= 15 is 0 Å². The topological polar surface area (TPSA) is 189 Å². The maximum Gasteiger partial charge on any atom is 0.408 e. The quantitative estimate of drug-likeness (QED) is 0.165. The summed E-state index contributed by atoms with van der Waals surface area (Å²) >= 11 is 0. The van der Waals surface area contributed by atoms with Gasteiger partial charge in [0.1, 0.15) is 22.8 Å². The second kappa shape index (κ2) is 12.3. The Hall–Kier alpha value is -5.20. The molecule has 4 aromatic rings. The second-order valence-electron chi connectivity index (χ2n) is 10.2. The minimum atomic E-state index is -0.599. The molecular weight excluding hydrogens is 526 g/mol. The van der Waals surface area contributed by atoms with Gasteiger partial charge in [0.25, 0.3) is 5.91 Å². The number of primary amides is 1. The highest BCUT2D eigenvalue weighted by molar-refractivity contribution is 6.08. The summed E-state index contributed by atoms with van der Waals surface area (Å²) in [5.41, 5.74) is 7.90. The lowest BCUT2D eigenvalue weighted by atomic mass is 10.2. The van der Waals surface area contributed by atoms with Crippen molar-refractivity contribution in [1.82, 2.24) is 25.3 Å². The number of benzene rings is 2. The van der Waals surface area contributed by atoms with Crippen LogP contribution in [-0.2, 0) is 11.3 Å². The zero-order valence-corrected chi connectivity index (χ0v) is 23.3. The summed E-state index contributed by atoms with van der Waals surface area (Å²) in [6.45, 7) is 8.13. The van der Waals surface area contributed by atoms with Crippen LogP contribution in [0, 0.1) is 0 Å². The number of nitrogens with zero attached hydrogens (tertiary/aromatic N) is 3. The Labute approximate surface area is 236 Å². The monoisotopic (exact) mass is 559 g/mol. The highest BCUT2D eigenvalue weighted by Gasteiger charge is 2.18. The van der Waals surface area contributed by atoms with Crippen LogP contribution in [0.25, 0.3) is 11.0 Å². The fourth-order valence-electron chi connectivity index (χ4n) is 3.73. The van der Waals surface area contributed by atoms with Crippen LogP contribution in [0.4, 0.5) is 27.9 Å². The molecule has 0 saturated carbocycles. The summed E-state index contributed by atoms with van der Waals surface area (Å²) in [6.07, 6.45) is 1.72. The number of carbonyl (C=O) groups is 3. The normalized spacial score (nSPS) is 11.1. The number of rotatable bonds is 10. The van der Waals surface area contributed by atoms with E-state index in [1.165, 1.54) is 6.20 Å². The summed E-state index contributed by atoms with van der Waals surface area (Å²) in [5, 5.41) is 11.8. The first kappa shape index (κ1) is 28.8. The number of carbonyl (C=O) groups excluding carboxylic acids is 3. The van der Waals surface area contributed by atoms with Gasteiger partial charge in [-0.15, -0.1) is 0 Å². The number of hydrogen-bond donors (Lipinski definition) is 6. The van der Waals surface area contributed by atoms with Crippen LogP contribution in [0.1, 0.15) is 60.7 Å². The number of nitrogens with two attached hydrogens (primary N) is 1. The van der Waals surface area contributed by atoms with Gasteiger partial charge in [0.05, 0.1) is 17.6 Å². The van der Waals surface area contributed by atoms with Crippen molar-refractivity contribution in [3.63, 3.8) is 0 Å². The SMILES string of the molecule is CCCNc1nc(Nc2ccc(C(N)=O)cc2)ncc1C(=O)Nc1ccc2nc(CNC(=O)OC(C)(C)C)[nH]c2c1. The van der Waals surface area contributed by atoms with E-state index in [4.69, 9.17) is 10.5 Å². The van der Waals surface area contributed by atoms with E-state index in [1.54, 1.807) is 63.2 Å². The Kier molecular flexibility index (Phi) is 8.66. The van der Waals surface area contributed by atoms with E-state index in [0.29, 0.717) is 46.2 Å². The molecule has 0 radical (unpaired) electrons.